The molecule has 2 heterocycles. The van der Waals surface area contributed by atoms with Crippen molar-refractivity contribution in [3.63, 3.8) is 0 Å². The van der Waals surface area contributed by atoms with E-state index in [2.05, 4.69) is 27.4 Å². The van der Waals surface area contributed by atoms with Gasteiger partial charge in [0.1, 0.15) is 11.6 Å². The second kappa shape index (κ2) is 7.21. The van der Waals surface area contributed by atoms with Crippen LogP contribution in [-0.2, 0) is 0 Å². The molecule has 0 spiro atoms. The fourth-order valence-electron chi connectivity index (χ4n) is 2.55. The number of nitrogens with zero attached hydrogens (tertiary/aromatic N) is 3. The lowest BCUT2D eigenvalue weighted by atomic mass is 10.3. The van der Waals surface area contributed by atoms with Gasteiger partial charge in [-0.1, -0.05) is 0 Å². The van der Waals surface area contributed by atoms with Gasteiger partial charge in [0.15, 0.2) is 0 Å². The Morgan fingerprint density at radius 2 is 1.95 bits per heavy atom. The molecule has 0 aromatic carbocycles. The molecular weight excluding hydrogens is 270 g/mol. The summed E-state index contributed by atoms with van der Waals surface area (Å²) in [6.45, 7) is 7.78. The molecular formula is C14H23N5O2. The summed E-state index contributed by atoms with van der Waals surface area (Å²) in [7, 11) is 0. The van der Waals surface area contributed by atoms with Crippen LogP contribution in [0.15, 0.2) is 12.1 Å². The van der Waals surface area contributed by atoms with E-state index in [-0.39, 0.29) is 5.69 Å². The molecule has 1 unspecified atom stereocenters. The van der Waals surface area contributed by atoms with Crippen LogP contribution in [0.2, 0.25) is 0 Å². The standard InChI is InChI=1S/C14H23N5O2/c1-3-15-13-8-12(19(20)21)9-14(17-13)16-10-11(2)18-6-4-5-7-18/h8-9,11H,3-7,10H2,1-2H3,(H2,15,16,17). The third-order valence-electron chi connectivity index (χ3n) is 3.72. The van der Waals surface area contributed by atoms with Gasteiger partial charge in [-0.15, -0.1) is 0 Å². The number of pyridine rings is 1. The Bertz CT molecular complexity index is 488. The highest BCUT2D eigenvalue weighted by Gasteiger charge is 2.18. The SMILES string of the molecule is CCNc1cc([N+](=O)[O-])cc(NCC(C)N2CCCC2)n1. The highest BCUT2D eigenvalue weighted by molar-refractivity contribution is 5.54. The lowest BCUT2D eigenvalue weighted by molar-refractivity contribution is -0.384. The average molecular weight is 293 g/mol. The summed E-state index contributed by atoms with van der Waals surface area (Å²) in [4.78, 5) is 17.4. The molecule has 2 N–H and O–H groups in total. The van der Waals surface area contributed by atoms with Crippen molar-refractivity contribution < 1.29 is 4.92 Å². The van der Waals surface area contributed by atoms with E-state index < -0.39 is 4.92 Å². The van der Waals surface area contributed by atoms with Gasteiger partial charge in [-0.2, -0.15) is 0 Å². The van der Waals surface area contributed by atoms with E-state index in [1.165, 1.54) is 25.0 Å². The van der Waals surface area contributed by atoms with Gasteiger partial charge in [0.2, 0.25) is 0 Å². The number of rotatable bonds is 7. The summed E-state index contributed by atoms with van der Waals surface area (Å²) in [6, 6.07) is 3.34. The second-order valence-electron chi connectivity index (χ2n) is 5.36. The first kappa shape index (κ1) is 15.5. The van der Waals surface area contributed by atoms with E-state index >= 15 is 0 Å². The van der Waals surface area contributed by atoms with Crippen molar-refractivity contribution in [3.05, 3.63) is 22.2 Å². The van der Waals surface area contributed by atoms with Gasteiger partial charge in [0, 0.05) is 19.1 Å². The quantitative estimate of drug-likeness (QED) is 0.593. The highest BCUT2D eigenvalue weighted by atomic mass is 16.6. The van der Waals surface area contributed by atoms with Crippen molar-refractivity contribution >= 4 is 17.3 Å². The third-order valence-corrected chi connectivity index (χ3v) is 3.72. The largest absolute Gasteiger partial charge is 0.370 e. The molecule has 1 saturated heterocycles. The molecule has 0 amide bonds. The minimum atomic E-state index is -0.391. The van der Waals surface area contributed by atoms with E-state index in [0.717, 1.165) is 19.6 Å². The summed E-state index contributed by atoms with van der Waals surface area (Å²) in [5, 5.41) is 17.2. The van der Waals surface area contributed by atoms with Crippen molar-refractivity contribution in [1.29, 1.82) is 0 Å². The van der Waals surface area contributed by atoms with Crippen molar-refractivity contribution in [2.45, 2.75) is 32.7 Å². The normalized spacial score (nSPS) is 16.7. The zero-order chi connectivity index (χ0) is 15.2. The molecule has 0 radical (unpaired) electrons. The maximum absolute atomic E-state index is 11.0. The number of nitro groups is 1. The summed E-state index contributed by atoms with van der Waals surface area (Å²) >= 11 is 0. The van der Waals surface area contributed by atoms with Crippen molar-refractivity contribution in [2.24, 2.45) is 0 Å². The zero-order valence-electron chi connectivity index (χ0n) is 12.6. The molecule has 2 rings (SSSR count). The highest BCUT2D eigenvalue weighted by Crippen LogP contribution is 2.21. The summed E-state index contributed by atoms with van der Waals surface area (Å²) in [5.74, 6) is 1.08. The second-order valence-corrected chi connectivity index (χ2v) is 5.36. The summed E-state index contributed by atoms with van der Waals surface area (Å²) in [5.41, 5.74) is 0.0530. The summed E-state index contributed by atoms with van der Waals surface area (Å²) in [6.07, 6.45) is 2.51. The first-order valence-corrected chi connectivity index (χ1v) is 7.48. The maximum Gasteiger partial charge on any atom is 0.276 e. The topological polar surface area (TPSA) is 83.3 Å². The van der Waals surface area contributed by atoms with E-state index in [4.69, 9.17) is 0 Å². The molecule has 21 heavy (non-hydrogen) atoms. The van der Waals surface area contributed by atoms with Gasteiger partial charge in [-0.3, -0.25) is 15.0 Å². The Hall–Kier alpha value is -1.89. The number of aromatic nitrogens is 1. The minimum Gasteiger partial charge on any atom is -0.370 e. The lowest BCUT2D eigenvalue weighted by Crippen LogP contribution is -2.35. The fourth-order valence-corrected chi connectivity index (χ4v) is 2.55. The van der Waals surface area contributed by atoms with E-state index in [0.29, 0.717) is 24.2 Å². The van der Waals surface area contributed by atoms with E-state index in [9.17, 15) is 10.1 Å². The molecule has 0 bridgehead atoms. The predicted octanol–water partition coefficient (Wildman–Crippen LogP) is 2.32. The van der Waals surface area contributed by atoms with Gasteiger partial charge in [0.25, 0.3) is 5.69 Å². The van der Waals surface area contributed by atoms with Gasteiger partial charge >= 0.3 is 0 Å². The number of likely N-dealkylation sites (tertiary alicyclic amines) is 1. The number of anilines is 2. The average Bonchev–Trinajstić information content (AvgIpc) is 2.99. The minimum absolute atomic E-state index is 0.0530. The molecule has 0 saturated carbocycles. The lowest BCUT2D eigenvalue weighted by Gasteiger charge is -2.24. The number of nitrogens with one attached hydrogen (secondary N) is 2. The van der Waals surface area contributed by atoms with Gasteiger partial charge in [0.05, 0.1) is 17.1 Å². The Labute approximate surface area is 124 Å². The number of hydrogen-bond donors (Lipinski definition) is 2. The van der Waals surface area contributed by atoms with E-state index in [1.54, 1.807) is 0 Å². The Balaban J connectivity index is 2.02. The molecule has 1 aromatic heterocycles. The van der Waals surface area contributed by atoms with Crippen LogP contribution in [0.3, 0.4) is 0 Å². The van der Waals surface area contributed by atoms with Crippen molar-refractivity contribution in [2.75, 3.05) is 36.8 Å². The zero-order valence-corrected chi connectivity index (χ0v) is 12.6. The molecule has 1 aliphatic heterocycles. The van der Waals surface area contributed by atoms with Gasteiger partial charge in [-0.05, 0) is 39.8 Å². The molecule has 7 nitrogen and oxygen atoms in total. The van der Waals surface area contributed by atoms with Crippen LogP contribution in [0.25, 0.3) is 0 Å². The summed E-state index contributed by atoms with van der Waals surface area (Å²) < 4.78 is 0. The predicted molar refractivity (Wildman–Crippen MR) is 83.8 cm³/mol. The fraction of sp³-hybridized carbons (Fsp3) is 0.643. The van der Waals surface area contributed by atoms with E-state index in [1.807, 2.05) is 6.92 Å². The first-order valence-electron chi connectivity index (χ1n) is 7.48. The maximum atomic E-state index is 11.0. The Kier molecular flexibility index (Phi) is 5.32. The van der Waals surface area contributed by atoms with Crippen LogP contribution < -0.4 is 10.6 Å². The molecule has 1 atom stereocenters. The molecule has 1 fully saturated rings. The van der Waals surface area contributed by atoms with Crippen molar-refractivity contribution in [1.82, 2.24) is 9.88 Å². The first-order chi connectivity index (χ1) is 10.1. The molecule has 1 aliphatic rings. The van der Waals surface area contributed by atoms with Crippen molar-refractivity contribution in [3.8, 4) is 0 Å². The monoisotopic (exact) mass is 293 g/mol. The van der Waals surface area contributed by atoms with Crippen LogP contribution in [0.1, 0.15) is 26.7 Å². The Morgan fingerprint density at radius 1 is 1.33 bits per heavy atom. The van der Waals surface area contributed by atoms with Gasteiger partial charge in [-0.25, -0.2) is 4.98 Å². The van der Waals surface area contributed by atoms with Crippen LogP contribution in [0, 0.1) is 10.1 Å². The third kappa shape index (κ3) is 4.29. The molecule has 0 aliphatic carbocycles. The molecule has 7 heteroatoms. The Morgan fingerprint density at radius 3 is 2.52 bits per heavy atom. The smallest absolute Gasteiger partial charge is 0.276 e. The number of hydrogen-bond acceptors (Lipinski definition) is 6. The van der Waals surface area contributed by atoms with Crippen LogP contribution >= 0.6 is 0 Å². The molecule has 116 valence electrons. The van der Waals surface area contributed by atoms with Crippen LogP contribution in [0.5, 0.6) is 0 Å². The van der Waals surface area contributed by atoms with Crippen LogP contribution in [-0.4, -0.2) is 47.0 Å². The van der Waals surface area contributed by atoms with Gasteiger partial charge < -0.3 is 10.6 Å². The molecule has 1 aromatic rings. The van der Waals surface area contributed by atoms with Crippen LogP contribution in [0.4, 0.5) is 17.3 Å².